The SMILES string of the molecule is Fc1ccc(NCc2ccsc2)c(I)c1. The lowest BCUT2D eigenvalue weighted by molar-refractivity contribution is 0.627. The van der Waals surface area contributed by atoms with Crippen molar-refractivity contribution in [3.05, 3.63) is 50.0 Å². The number of benzene rings is 1. The van der Waals surface area contributed by atoms with Crippen LogP contribution in [0.5, 0.6) is 0 Å². The molecule has 1 N–H and O–H groups in total. The maximum Gasteiger partial charge on any atom is 0.124 e. The summed E-state index contributed by atoms with van der Waals surface area (Å²) in [6.45, 7) is 0.783. The summed E-state index contributed by atoms with van der Waals surface area (Å²) in [5.41, 5.74) is 2.23. The third-order valence-electron chi connectivity index (χ3n) is 1.99. The van der Waals surface area contributed by atoms with Gasteiger partial charge in [-0.25, -0.2) is 4.39 Å². The van der Waals surface area contributed by atoms with Crippen molar-refractivity contribution >= 4 is 39.6 Å². The molecule has 0 radical (unpaired) electrons. The number of nitrogens with one attached hydrogen (secondary N) is 1. The molecule has 1 aromatic carbocycles. The molecule has 78 valence electrons. The van der Waals surface area contributed by atoms with Crippen LogP contribution < -0.4 is 5.32 Å². The van der Waals surface area contributed by atoms with Crippen molar-refractivity contribution in [1.29, 1.82) is 0 Å². The maximum atomic E-state index is 12.8. The van der Waals surface area contributed by atoms with E-state index in [0.717, 1.165) is 15.8 Å². The van der Waals surface area contributed by atoms with Gasteiger partial charge in [-0.05, 0) is 63.2 Å². The van der Waals surface area contributed by atoms with Crippen LogP contribution in [0.1, 0.15) is 5.56 Å². The van der Waals surface area contributed by atoms with Crippen LogP contribution in [0.2, 0.25) is 0 Å². The number of thiophene rings is 1. The van der Waals surface area contributed by atoms with Crippen LogP contribution in [0.4, 0.5) is 10.1 Å². The largest absolute Gasteiger partial charge is 0.380 e. The number of halogens is 2. The molecule has 2 rings (SSSR count). The van der Waals surface area contributed by atoms with E-state index in [1.807, 2.05) is 5.38 Å². The smallest absolute Gasteiger partial charge is 0.124 e. The van der Waals surface area contributed by atoms with E-state index in [9.17, 15) is 4.39 Å². The summed E-state index contributed by atoms with van der Waals surface area (Å²) >= 11 is 3.81. The van der Waals surface area contributed by atoms with Crippen molar-refractivity contribution in [3.8, 4) is 0 Å². The quantitative estimate of drug-likeness (QED) is 0.834. The summed E-state index contributed by atoms with van der Waals surface area (Å²) < 4.78 is 13.7. The fourth-order valence-electron chi connectivity index (χ4n) is 1.22. The van der Waals surface area contributed by atoms with E-state index in [1.165, 1.54) is 17.7 Å². The summed E-state index contributed by atoms with van der Waals surface area (Å²) in [6.07, 6.45) is 0. The van der Waals surface area contributed by atoms with Crippen molar-refractivity contribution in [2.75, 3.05) is 5.32 Å². The van der Waals surface area contributed by atoms with Gasteiger partial charge < -0.3 is 5.32 Å². The highest BCUT2D eigenvalue weighted by molar-refractivity contribution is 14.1. The number of rotatable bonds is 3. The van der Waals surface area contributed by atoms with E-state index < -0.39 is 0 Å². The van der Waals surface area contributed by atoms with E-state index >= 15 is 0 Å². The van der Waals surface area contributed by atoms with Crippen LogP contribution in [0.15, 0.2) is 35.0 Å². The summed E-state index contributed by atoms with van der Waals surface area (Å²) in [5.74, 6) is -0.194. The van der Waals surface area contributed by atoms with Crippen LogP contribution >= 0.6 is 33.9 Å². The number of hydrogen-bond donors (Lipinski definition) is 1. The van der Waals surface area contributed by atoms with Crippen LogP contribution in [-0.4, -0.2) is 0 Å². The lowest BCUT2D eigenvalue weighted by Crippen LogP contribution is -1.99. The van der Waals surface area contributed by atoms with Gasteiger partial charge in [0.15, 0.2) is 0 Å². The number of anilines is 1. The second kappa shape index (κ2) is 4.94. The molecule has 0 saturated heterocycles. The third-order valence-corrected chi connectivity index (χ3v) is 3.62. The van der Waals surface area contributed by atoms with Crippen LogP contribution in [0, 0.1) is 9.39 Å². The zero-order chi connectivity index (χ0) is 10.7. The maximum absolute atomic E-state index is 12.8. The van der Waals surface area contributed by atoms with Gasteiger partial charge in [0.25, 0.3) is 0 Å². The fraction of sp³-hybridized carbons (Fsp3) is 0.0909. The van der Waals surface area contributed by atoms with E-state index in [-0.39, 0.29) is 5.82 Å². The standard InChI is InChI=1S/C11H9FINS/c12-9-1-2-11(10(13)5-9)14-6-8-3-4-15-7-8/h1-5,7,14H,6H2. The molecule has 1 aromatic heterocycles. The molecule has 0 bridgehead atoms. The van der Waals surface area contributed by atoms with Gasteiger partial charge >= 0.3 is 0 Å². The Morgan fingerprint density at radius 3 is 2.87 bits per heavy atom. The molecule has 0 fully saturated rings. The van der Waals surface area contributed by atoms with Crippen LogP contribution in [0.3, 0.4) is 0 Å². The minimum Gasteiger partial charge on any atom is -0.380 e. The molecule has 15 heavy (non-hydrogen) atoms. The first-order valence-electron chi connectivity index (χ1n) is 4.46. The Labute approximate surface area is 105 Å². The molecule has 2 aromatic rings. The number of hydrogen-bond acceptors (Lipinski definition) is 2. The molecule has 0 spiro atoms. The van der Waals surface area contributed by atoms with Crippen LogP contribution in [-0.2, 0) is 6.54 Å². The van der Waals surface area contributed by atoms with Gasteiger partial charge in [0.1, 0.15) is 5.82 Å². The lowest BCUT2D eigenvalue weighted by atomic mass is 10.3. The van der Waals surface area contributed by atoms with Gasteiger partial charge in [-0.3, -0.25) is 0 Å². The van der Waals surface area contributed by atoms with E-state index in [0.29, 0.717) is 0 Å². The third kappa shape index (κ3) is 2.92. The Morgan fingerprint density at radius 1 is 1.33 bits per heavy atom. The summed E-state index contributed by atoms with van der Waals surface area (Å²) in [7, 11) is 0. The Balaban J connectivity index is 2.05. The zero-order valence-corrected chi connectivity index (χ0v) is 10.8. The first-order chi connectivity index (χ1) is 7.25. The minimum atomic E-state index is -0.194. The van der Waals surface area contributed by atoms with E-state index in [1.54, 1.807) is 17.4 Å². The highest BCUT2D eigenvalue weighted by atomic mass is 127. The average molecular weight is 333 g/mol. The van der Waals surface area contributed by atoms with Gasteiger partial charge in [0.05, 0.1) is 0 Å². The first-order valence-corrected chi connectivity index (χ1v) is 6.48. The fourth-order valence-corrected chi connectivity index (χ4v) is 2.56. The lowest BCUT2D eigenvalue weighted by Gasteiger charge is -2.07. The topological polar surface area (TPSA) is 12.0 Å². The van der Waals surface area contributed by atoms with Crippen molar-refractivity contribution in [2.45, 2.75) is 6.54 Å². The second-order valence-electron chi connectivity index (χ2n) is 3.11. The van der Waals surface area contributed by atoms with Crippen molar-refractivity contribution < 1.29 is 4.39 Å². The highest BCUT2D eigenvalue weighted by Gasteiger charge is 2.00. The molecule has 0 amide bonds. The van der Waals surface area contributed by atoms with Crippen LogP contribution in [0.25, 0.3) is 0 Å². The molecule has 0 saturated carbocycles. The normalized spacial score (nSPS) is 10.3. The van der Waals surface area contributed by atoms with Crippen molar-refractivity contribution in [2.24, 2.45) is 0 Å². The first kappa shape index (κ1) is 10.9. The molecular weight excluding hydrogens is 324 g/mol. The summed E-state index contributed by atoms with van der Waals surface area (Å²) in [5, 5.41) is 7.42. The molecule has 1 nitrogen and oxygen atoms in total. The Kier molecular flexibility index (Phi) is 3.58. The van der Waals surface area contributed by atoms with E-state index in [2.05, 4.69) is 39.4 Å². The summed E-state index contributed by atoms with van der Waals surface area (Å²) in [6, 6.07) is 6.84. The molecule has 0 aliphatic rings. The average Bonchev–Trinajstić information content (AvgIpc) is 2.69. The molecular formula is C11H9FINS. The van der Waals surface area contributed by atoms with Gasteiger partial charge in [-0.2, -0.15) is 11.3 Å². The van der Waals surface area contributed by atoms with Crippen molar-refractivity contribution in [1.82, 2.24) is 0 Å². The second-order valence-corrected chi connectivity index (χ2v) is 5.05. The van der Waals surface area contributed by atoms with Gasteiger partial charge in [0.2, 0.25) is 0 Å². The molecule has 1 heterocycles. The van der Waals surface area contributed by atoms with Crippen molar-refractivity contribution in [3.63, 3.8) is 0 Å². The zero-order valence-electron chi connectivity index (χ0n) is 7.84. The minimum absolute atomic E-state index is 0.194. The van der Waals surface area contributed by atoms with Gasteiger partial charge in [-0.15, -0.1) is 0 Å². The van der Waals surface area contributed by atoms with Gasteiger partial charge in [0, 0.05) is 15.8 Å². The molecule has 0 unspecified atom stereocenters. The highest BCUT2D eigenvalue weighted by Crippen LogP contribution is 2.20. The molecule has 0 atom stereocenters. The van der Waals surface area contributed by atoms with Gasteiger partial charge in [-0.1, -0.05) is 0 Å². The molecule has 0 aliphatic carbocycles. The predicted octanol–water partition coefficient (Wildman–Crippen LogP) is 4.10. The molecule has 4 heteroatoms. The monoisotopic (exact) mass is 333 g/mol. The van der Waals surface area contributed by atoms with E-state index in [4.69, 9.17) is 0 Å². The molecule has 0 aliphatic heterocycles. The summed E-state index contributed by atoms with van der Waals surface area (Å²) in [4.78, 5) is 0. The predicted molar refractivity (Wildman–Crippen MR) is 70.8 cm³/mol. The Morgan fingerprint density at radius 2 is 2.20 bits per heavy atom. The Bertz CT molecular complexity index is 442. The Hall–Kier alpha value is -0.620.